The van der Waals surface area contributed by atoms with Gasteiger partial charge in [-0.05, 0) is 46.5 Å². The van der Waals surface area contributed by atoms with Crippen molar-refractivity contribution in [1.29, 1.82) is 0 Å². The van der Waals surface area contributed by atoms with Crippen molar-refractivity contribution in [1.82, 2.24) is 14.5 Å². The van der Waals surface area contributed by atoms with E-state index in [1.165, 1.54) is 5.69 Å². The first kappa shape index (κ1) is 14.9. The number of ether oxygens (including phenoxy) is 1. The van der Waals surface area contributed by atoms with Crippen molar-refractivity contribution in [2.75, 3.05) is 13.1 Å². The highest BCUT2D eigenvalue weighted by Gasteiger charge is 2.27. The third kappa shape index (κ3) is 3.99. The number of rotatable bonds is 2. The summed E-state index contributed by atoms with van der Waals surface area (Å²) in [7, 11) is 0. The highest BCUT2D eigenvalue weighted by atomic mass is 16.6. The van der Waals surface area contributed by atoms with Crippen LogP contribution < -0.4 is 0 Å². The fourth-order valence-corrected chi connectivity index (χ4v) is 2.56. The molecule has 0 radical (unpaired) electrons. The van der Waals surface area contributed by atoms with Crippen LogP contribution in [-0.4, -0.2) is 39.2 Å². The van der Waals surface area contributed by atoms with Gasteiger partial charge in [0.2, 0.25) is 0 Å². The van der Waals surface area contributed by atoms with Crippen LogP contribution in [0.2, 0.25) is 0 Å². The van der Waals surface area contributed by atoms with E-state index in [0.29, 0.717) is 5.92 Å². The van der Waals surface area contributed by atoms with Gasteiger partial charge >= 0.3 is 6.09 Å². The number of aromatic nitrogens is 2. The lowest BCUT2D eigenvalue weighted by Crippen LogP contribution is -2.43. The van der Waals surface area contributed by atoms with E-state index in [0.717, 1.165) is 32.5 Å². The van der Waals surface area contributed by atoms with Crippen LogP contribution in [-0.2, 0) is 11.3 Å². The standard InChI is InChI=1S/C15H25N3O2/c1-12-8-16-11-18(12)10-13-6-5-7-17(9-13)14(19)20-15(2,3)4/h8,11,13H,5-7,9-10H2,1-4H3/t13-/m1/s1. The lowest BCUT2D eigenvalue weighted by atomic mass is 9.98. The molecule has 1 aliphatic rings. The van der Waals surface area contributed by atoms with Crippen LogP contribution >= 0.6 is 0 Å². The number of carbonyl (C=O) groups is 1. The zero-order chi connectivity index (χ0) is 14.8. The summed E-state index contributed by atoms with van der Waals surface area (Å²) in [5, 5.41) is 0. The average molecular weight is 279 g/mol. The molecule has 0 unspecified atom stereocenters. The first-order valence-electron chi connectivity index (χ1n) is 7.30. The van der Waals surface area contributed by atoms with Gasteiger partial charge in [0, 0.05) is 31.5 Å². The van der Waals surface area contributed by atoms with Crippen LogP contribution in [0.3, 0.4) is 0 Å². The zero-order valence-electron chi connectivity index (χ0n) is 12.9. The summed E-state index contributed by atoms with van der Waals surface area (Å²) in [5.41, 5.74) is 0.740. The van der Waals surface area contributed by atoms with Gasteiger partial charge in [0.15, 0.2) is 0 Å². The summed E-state index contributed by atoms with van der Waals surface area (Å²) >= 11 is 0. The monoisotopic (exact) mass is 279 g/mol. The number of hydrogen-bond acceptors (Lipinski definition) is 3. The lowest BCUT2D eigenvalue weighted by molar-refractivity contribution is 0.0157. The molecule has 2 heterocycles. The Balaban J connectivity index is 1.92. The van der Waals surface area contributed by atoms with Crippen molar-refractivity contribution in [2.24, 2.45) is 5.92 Å². The van der Waals surface area contributed by atoms with Crippen LogP contribution in [0, 0.1) is 12.8 Å². The largest absolute Gasteiger partial charge is 0.444 e. The van der Waals surface area contributed by atoms with Crippen LogP contribution in [0.4, 0.5) is 4.79 Å². The molecule has 1 atom stereocenters. The van der Waals surface area contributed by atoms with Gasteiger partial charge in [-0.15, -0.1) is 0 Å². The molecule has 0 bridgehead atoms. The zero-order valence-corrected chi connectivity index (χ0v) is 12.9. The molecule has 5 nitrogen and oxygen atoms in total. The van der Waals surface area contributed by atoms with Gasteiger partial charge in [-0.2, -0.15) is 0 Å². The Morgan fingerprint density at radius 1 is 1.50 bits per heavy atom. The maximum atomic E-state index is 12.1. The molecular formula is C15H25N3O2. The summed E-state index contributed by atoms with van der Waals surface area (Å²) in [4.78, 5) is 18.1. The van der Waals surface area contributed by atoms with Gasteiger partial charge in [-0.3, -0.25) is 0 Å². The van der Waals surface area contributed by atoms with Crippen LogP contribution in [0.5, 0.6) is 0 Å². The molecule has 1 saturated heterocycles. The maximum absolute atomic E-state index is 12.1. The van der Waals surface area contributed by atoms with E-state index in [1.54, 1.807) is 0 Å². The van der Waals surface area contributed by atoms with E-state index in [4.69, 9.17) is 4.74 Å². The molecule has 2 rings (SSSR count). The molecule has 1 amide bonds. The number of piperidine rings is 1. The van der Waals surface area contributed by atoms with E-state index in [-0.39, 0.29) is 6.09 Å². The predicted octanol–water partition coefficient (Wildman–Crippen LogP) is 2.84. The molecule has 0 aromatic carbocycles. The molecule has 20 heavy (non-hydrogen) atoms. The van der Waals surface area contributed by atoms with Gasteiger partial charge in [0.25, 0.3) is 0 Å². The normalized spacial score (nSPS) is 20.0. The van der Waals surface area contributed by atoms with Crippen molar-refractivity contribution >= 4 is 6.09 Å². The quantitative estimate of drug-likeness (QED) is 0.836. The van der Waals surface area contributed by atoms with E-state index in [2.05, 4.69) is 16.5 Å². The Bertz CT molecular complexity index is 462. The summed E-state index contributed by atoms with van der Waals surface area (Å²) in [6.45, 7) is 10.3. The van der Waals surface area contributed by atoms with Crippen molar-refractivity contribution < 1.29 is 9.53 Å². The van der Waals surface area contributed by atoms with Crippen molar-refractivity contribution in [3.63, 3.8) is 0 Å². The number of likely N-dealkylation sites (tertiary alicyclic amines) is 1. The van der Waals surface area contributed by atoms with Gasteiger partial charge in [0.05, 0.1) is 6.33 Å². The molecular weight excluding hydrogens is 254 g/mol. The Morgan fingerprint density at radius 2 is 2.25 bits per heavy atom. The number of nitrogens with zero attached hydrogens (tertiary/aromatic N) is 3. The van der Waals surface area contributed by atoms with Gasteiger partial charge in [-0.1, -0.05) is 0 Å². The number of imidazole rings is 1. The Hall–Kier alpha value is -1.52. The van der Waals surface area contributed by atoms with E-state index in [1.807, 2.05) is 38.2 Å². The second-order valence-corrected chi connectivity index (χ2v) is 6.62. The third-order valence-corrected chi connectivity index (χ3v) is 3.55. The molecule has 0 saturated carbocycles. The predicted molar refractivity (Wildman–Crippen MR) is 77.5 cm³/mol. The summed E-state index contributed by atoms with van der Waals surface area (Å²) in [6, 6.07) is 0. The highest BCUT2D eigenvalue weighted by molar-refractivity contribution is 5.68. The smallest absolute Gasteiger partial charge is 0.410 e. The highest BCUT2D eigenvalue weighted by Crippen LogP contribution is 2.21. The number of amides is 1. The second kappa shape index (κ2) is 5.85. The minimum atomic E-state index is -0.426. The Kier molecular flexibility index (Phi) is 4.35. The SMILES string of the molecule is Cc1cncn1C[C@@H]1CCCN(C(=O)OC(C)(C)C)C1. The van der Waals surface area contributed by atoms with Crippen molar-refractivity contribution in [2.45, 2.75) is 52.7 Å². The van der Waals surface area contributed by atoms with Crippen LogP contribution in [0.15, 0.2) is 12.5 Å². The molecule has 112 valence electrons. The van der Waals surface area contributed by atoms with E-state index in [9.17, 15) is 4.79 Å². The molecule has 0 spiro atoms. The Labute approximate surface area is 120 Å². The minimum Gasteiger partial charge on any atom is -0.444 e. The van der Waals surface area contributed by atoms with Crippen molar-refractivity contribution in [3.8, 4) is 0 Å². The molecule has 5 heteroatoms. The summed E-state index contributed by atoms with van der Waals surface area (Å²) < 4.78 is 7.61. The molecule has 1 aromatic heterocycles. The first-order chi connectivity index (χ1) is 9.35. The van der Waals surface area contributed by atoms with Crippen LogP contribution in [0.1, 0.15) is 39.3 Å². The minimum absolute atomic E-state index is 0.190. The van der Waals surface area contributed by atoms with Gasteiger partial charge in [0.1, 0.15) is 5.60 Å². The molecule has 1 aliphatic heterocycles. The lowest BCUT2D eigenvalue weighted by Gasteiger charge is -2.34. The topological polar surface area (TPSA) is 47.4 Å². The van der Waals surface area contributed by atoms with Gasteiger partial charge < -0.3 is 14.2 Å². The van der Waals surface area contributed by atoms with Gasteiger partial charge in [-0.25, -0.2) is 9.78 Å². The average Bonchev–Trinajstić information content (AvgIpc) is 2.73. The third-order valence-electron chi connectivity index (χ3n) is 3.55. The summed E-state index contributed by atoms with van der Waals surface area (Å²) in [6.07, 6.45) is 5.73. The fourth-order valence-electron chi connectivity index (χ4n) is 2.56. The van der Waals surface area contributed by atoms with Crippen molar-refractivity contribution in [3.05, 3.63) is 18.2 Å². The van der Waals surface area contributed by atoms with E-state index >= 15 is 0 Å². The molecule has 1 fully saturated rings. The maximum Gasteiger partial charge on any atom is 0.410 e. The van der Waals surface area contributed by atoms with E-state index < -0.39 is 5.60 Å². The Morgan fingerprint density at radius 3 is 2.85 bits per heavy atom. The summed E-state index contributed by atoms with van der Waals surface area (Å²) in [5.74, 6) is 0.476. The van der Waals surface area contributed by atoms with Crippen LogP contribution in [0.25, 0.3) is 0 Å². The molecule has 0 N–H and O–H groups in total. The molecule has 1 aromatic rings. The molecule has 0 aliphatic carbocycles. The first-order valence-corrected chi connectivity index (χ1v) is 7.30. The fraction of sp³-hybridized carbons (Fsp3) is 0.733. The second-order valence-electron chi connectivity index (χ2n) is 6.62. The number of hydrogen-bond donors (Lipinski definition) is 0. The number of carbonyl (C=O) groups excluding carboxylic acids is 1. The number of aryl methyl sites for hydroxylation is 1.